The number of carbonyl (C=O) groups is 1. The van der Waals surface area contributed by atoms with Crippen LogP contribution < -0.4 is 5.73 Å². The highest BCUT2D eigenvalue weighted by atomic mass is 35.5. The predicted octanol–water partition coefficient (Wildman–Crippen LogP) is 1.30. The molecular formula is C14H20ClFN2O2. The zero-order valence-corrected chi connectivity index (χ0v) is 12.1. The van der Waals surface area contributed by atoms with Gasteiger partial charge in [-0.2, -0.15) is 0 Å². The maximum absolute atomic E-state index is 12.8. The lowest BCUT2D eigenvalue weighted by molar-refractivity contribution is -0.134. The molecule has 0 bridgehead atoms. The smallest absolute Gasteiger partial charge is 0.225 e. The molecule has 0 aromatic heterocycles. The van der Waals surface area contributed by atoms with Crippen molar-refractivity contribution >= 4 is 18.3 Å². The van der Waals surface area contributed by atoms with Crippen molar-refractivity contribution in [2.24, 2.45) is 11.7 Å². The quantitative estimate of drug-likeness (QED) is 0.884. The topological polar surface area (TPSA) is 66.6 Å². The lowest BCUT2D eigenvalue weighted by atomic mass is 10.1. The fourth-order valence-corrected chi connectivity index (χ4v) is 2.50. The minimum atomic E-state index is -0.590. The number of nitrogens with zero attached hydrogens (tertiary/aromatic N) is 1. The van der Waals surface area contributed by atoms with Crippen LogP contribution in [0.4, 0.5) is 4.39 Å². The van der Waals surface area contributed by atoms with E-state index in [0.29, 0.717) is 19.4 Å². The molecule has 20 heavy (non-hydrogen) atoms. The number of amides is 1. The Hall–Kier alpha value is -1.17. The van der Waals surface area contributed by atoms with Crippen LogP contribution in [0.15, 0.2) is 24.3 Å². The van der Waals surface area contributed by atoms with E-state index in [2.05, 4.69) is 0 Å². The van der Waals surface area contributed by atoms with Crippen LogP contribution in [-0.4, -0.2) is 35.1 Å². The largest absolute Gasteiger partial charge is 0.391 e. The third-order valence-corrected chi connectivity index (χ3v) is 3.64. The maximum atomic E-state index is 12.8. The van der Waals surface area contributed by atoms with Gasteiger partial charge < -0.3 is 15.7 Å². The highest BCUT2D eigenvalue weighted by Gasteiger charge is 2.35. The number of hydrogen-bond acceptors (Lipinski definition) is 3. The summed E-state index contributed by atoms with van der Waals surface area (Å²) in [6.45, 7) is 0.431. The summed E-state index contributed by atoms with van der Waals surface area (Å²) in [5, 5.41) is 9.58. The molecule has 2 rings (SSSR count). The van der Waals surface area contributed by atoms with Gasteiger partial charge in [-0.15, -0.1) is 12.4 Å². The SMILES string of the molecule is CN(Cc1ccc(F)cc1)C(=O)[C@H]1C[C@H](N)[C@@H](O)C1.Cl. The predicted molar refractivity (Wildman–Crippen MR) is 76.8 cm³/mol. The fourth-order valence-electron chi connectivity index (χ4n) is 2.50. The number of aliphatic hydroxyl groups is 1. The van der Waals surface area contributed by atoms with E-state index in [1.165, 1.54) is 12.1 Å². The van der Waals surface area contributed by atoms with Gasteiger partial charge in [0.25, 0.3) is 0 Å². The zero-order valence-electron chi connectivity index (χ0n) is 11.3. The molecule has 0 saturated heterocycles. The summed E-state index contributed by atoms with van der Waals surface area (Å²) in [6, 6.07) is 5.77. The minimum absolute atomic E-state index is 0. The van der Waals surface area contributed by atoms with Gasteiger partial charge in [0.05, 0.1) is 6.10 Å². The van der Waals surface area contributed by atoms with Gasteiger partial charge >= 0.3 is 0 Å². The number of carbonyl (C=O) groups excluding carboxylic acids is 1. The molecule has 6 heteroatoms. The van der Waals surface area contributed by atoms with Crippen LogP contribution in [0.1, 0.15) is 18.4 Å². The molecule has 112 valence electrons. The second-order valence-electron chi connectivity index (χ2n) is 5.22. The lowest BCUT2D eigenvalue weighted by Crippen LogP contribution is -2.32. The first-order valence-electron chi connectivity index (χ1n) is 6.40. The molecule has 0 radical (unpaired) electrons. The maximum Gasteiger partial charge on any atom is 0.225 e. The summed E-state index contributed by atoms with van der Waals surface area (Å²) < 4.78 is 12.8. The highest BCUT2D eigenvalue weighted by Crippen LogP contribution is 2.26. The Bertz CT molecular complexity index is 445. The summed E-state index contributed by atoms with van der Waals surface area (Å²) >= 11 is 0. The molecule has 0 spiro atoms. The standard InChI is InChI=1S/C14H19FN2O2.ClH/c1-17(8-9-2-4-11(15)5-3-9)14(19)10-6-12(16)13(18)7-10;/h2-5,10,12-13,18H,6-8,16H2,1H3;1H/t10-,12-,13-;/m0./s1. The van der Waals surface area contributed by atoms with Crippen molar-refractivity contribution in [2.45, 2.75) is 31.5 Å². The van der Waals surface area contributed by atoms with Gasteiger partial charge in [-0.05, 0) is 30.5 Å². The number of nitrogens with two attached hydrogens (primary N) is 1. The van der Waals surface area contributed by atoms with Crippen LogP contribution in [0, 0.1) is 11.7 Å². The number of hydrogen-bond donors (Lipinski definition) is 2. The van der Waals surface area contributed by atoms with Crippen molar-refractivity contribution in [3.8, 4) is 0 Å². The average Bonchev–Trinajstić information content (AvgIpc) is 2.71. The van der Waals surface area contributed by atoms with E-state index in [1.807, 2.05) is 0 Å². The number of benzene rings is 1. The van der Waals surface area contributed by atoms with Crippen LogP contribution in [0.2, 0.25) is 0 Å². The fraction of sp³-hybridized carbons (Fsp3) is 0.500. The Labute approximate surface area is 124 Å². The first kappa shape index (κ1) is 16.9. The number of rotatable bonds is 3. The highest BCUT2D eigenvalue weighted by molar-refractivity contribution is 5.85. The molecule has 0 heterocycles. The molecule has 0 unspecified atom stereocenters. The zero-order chi connectivity index (χ0) is 14.0. The van der Waals surface area contributed by atoms with Gasteiger partial charge in [0.2, 0.25) is 5.91 Å². The van der Waals surface area contributed by atoms with Gasteiger partial charge in [-0.1, -0.05) is 12.1 Å². The van der Waals surface area contributed by atoms with Crippen LogP contribution in [-0.2, 0) is 11.3 Å². The van der Waals surface area contributed by atoms with Crippen LogP contribution >= 0.6 is 12.4 Å². The first-order chi connectivity index (χ1) is 8.97. The number of aliphatic hydroxyl groups excluding tert-OH is 1. The molecule has 3 atom stereocenters. The van der Waals surface area contributed by atoms with E-state index in [0.717, 1.165) is 5.56 Å². The van der Waals surface area contributed by atoms with Crippen molar-refractivity contribution in [1.29, 1.82) is 0 Å². The third kappa shape index (κ3) is 3.91. The Kier molecular flexibility index (Phi) is 5.92. The van der Waals surface area contributed by atoms with Crippen LogP contribution in [0.5, 0.6) is 0 Å². The molecule has 1 amide bonds. The molecule has 1 fully saturated rings. The summed E-state index contributed by atoms with van der Waals surface area (Å²) in [7, 11) is 1.71. The Morgan fingerprint density at radius 1 is 1.40 bits per heavy atom. The first-order valence-corrected chi connectivity index (χ1v) is 6.40. The molecule has 1 aromatic rings. The molecule has 1 aliphatic rings. The molecule has 4 nitrogen and oxygen atoms in total. The van der Waals surface area contributed by atoms with Gasteiger partial charge in [0.15, 0.2) is 0 Å². The molecule has 1 saturated carbocycles. The van der Waals surface area contributed by atoms with Crippen molar-refractivity contribution in [2.75, 3.05) is 7.05 Å². The van der Waals surface area contributed by atoms with Gasteiger partial charge in [-0.25, -0.2) is 4.39 Å². The van der Waals surface area contributed by atoms with Crippen molar-refractivity contribution in [1.82, 2.24) is 4.90 Å². The molecule has 3 N–H and O–H groups in total. The van der Waals surface area contributed by atoms with Crippen molar-refractivity contribution < 1.29 is 14.3 Å². The summed E-state index contributed by atoms with van der Waals surface area (Å²) in [5.41, 5.74) is 6.59. The van der Waals surface area contributed by atoms with E-state index in [9.17, 15) is 14.3 Å². The van der Waals surface area contributed by atoms with Gasteiger partial charge in [-0.3, -0.25) is 4.79 Å². The van der Waals surface area contributed by atoms with Crippen LogP contribution in [0.3, 0.4) is 0 Å². The normalized spacial score (nSPS) is 25.1. The van der Waals surface area contributed by atoms with E-state index in [-0.39, 0.29) is 36.1 Å². The molecule has 1 aliphatic carbocycles. The average molecular weight is 303 g/mol. The second kappa shape index (κ2) is 7.02. The number of halogens is 2. The molecule has 0 aliphatic heterocycles. The minimum Gasteiger partial charge on any atom is -0.391 e. The van der Waals surface area contributed by atoms with Gasteiger partial charge in [0.1, 0.15) is 5.82 Å². The Morgan fingerprint density at radius 2 is 2.00 bits per heavy atom. The summed E-state index contributed by atoms with van der Waals surface area (Å²) in [5.74, 6) is -0.519. The van der Waals surface area contributed by atoms with Crippen LogP contribution in [0.25, 0.3) is 0 Å². The van der Waals surface area contributed by atoms with Gasteiger partial charge in [0, 0.05) is 25.6 Å². The van der Waals surface area contributed by atoms with E-state index >= 15 is 0 Å². The molecule has 1 aromatic carbocycles. The Balaban J connectivity index is 0.00000200. The van der Waals surface area contributed by atoms with Crippen molar-refractivity contribution in [3.63, 3.8) is 0 Å². The van der Waals surface area contributed by atoms with E-state index in [1.54, 1.807) is 24.1 Å². The summed E-state index contributed by atoms with van der Waals surface area (Å²) in [4.78, 5) is 13.8. The molecular weight excluding hydrogens is 283 g/mol. The van der Waals surface area contributed by atoms with Crippen molar-refractivity contribution in [3.05, 3.63) is 35.6 Å². The Morgan fingerprint density at radius 3 is 2.50 bits per heavy atom. The van der Waals surface area contributed by atoms with E-state index < -0.39 is 6.10 Å². The monoisotopic (exact) mass is 302 g/mol. The third-order valence-electron chi connectivity index (χ3n) is 3.64. The van der Waals surface area contributed by atoms with E-state index in [4.69, 9.17) is 5.73 Å². The second-order valence-corrected chi connectivity index (χ2v) is 5.22. The lowest BCUT2D eigenvalue weighted by Gasteiger charge is -2.21. The summed E-state index contributed by atoms with van der Waals surface area (Å²) in [6.07, 6.45) is 0.356.